The Morgan fingerprint density at radius 2 is 1.95 bits per heavy atom. The van der Waals surface area contributed by atoms with Crippen LogP contribution in [0.3, 0.4) is 0 Å². The number of benzene rings is 1. The average molecular weight is 287 g/mol. The smallest absolute Gasteiger partial charge is 0.263 e. The zero-order valence-corrected chi connectivity index (χ0v) is 11.9. The Labute approximate surface area is 118 Å². The molecule has 1 N–H and O–H groups in total. The third kappa shape index (κ3) is 2.95. The highest BCUT2D eigenvalue weighted by Gasteiger charge is 2.15. The van der Waals surface area contributed by atoms with Crippen LogP contribution in [0.5, 0.6) is 0 Å². The van der Waals surface area contributed by atoms with Gasteiger partial charge in [-0.1, -0.05) is 6.07 Å². The van der Waals surface area contributed by atoms with Crippen LogP contribution in [0.4, 0.5) is 5.82 Å². The van der Waals surface area contributed by atoms with Crippen molar-refractivity contribution in [2.45, 2.75) is 18.7 Å². The standard InChI is InChI=1S/C14H13N3O2S/c1-10-8-13(7-6-12(10)9-15)20(18,19)17-14-5-3-4-11(2)16-14/h3-8H,1-2H3,(H,16,17). The Morgan fingerprint density at radius 3 is 2.55 bits per heavy atom. The Hall–Kier alpha value is -2.39. The fourth-order valence-corrected chi connectivity index (χ4v) is 2.81. The summed E-state index contributed by atoms with van der Waals surface area (Å²) in [5, 5.41) is 8.85. The van der Waals surface area contributed by atoms with Crippen molar-refractivity contribution in [3.8, 4) is 6.07 Å². The number of aryl methyl sites for hydroxylation is 2. The van der Waals surface area contributed by atoms with E-state index in [9.17, 15) is 8.42 Å². The van der Waals surface area contributed by atoms with Crippen LogP contribution in [0, 0.1) is 25.2 Å². The lowest BCUT2D eigenvalue weighted by molar-refractivity contribution is 0.601. The molecule has 1 heterocycles. The van der Waals surface area contributed by atoms with Gasteiger partial charge in [-0.15, -0.1) is 0 Å². The quantitative estimate of drug-likeness (QED) is 0.939. The minimum Gasteiger partial charge on any atom is -0.263 e. The van der Waals surface area contributed by atoms with Crippen LogP contribution in [0.25, 0.3) is 0 Å². The first-order valence-electron chi connectivity index (χ1n) is 5.89. The van der Waals surface area contributed by atoms with Gasteiger partial charge in [0.25, 0.3) is 10.0 Å². The Bertz CT molecular complexity index is 792. The summed E-state index contributed by atoms with van der Waals surface area (Å²) in [7, 11) is -3.70. The van der Waals surface area contributed by atoms with Crippen molar-refractivity contribution < 1.29 is 8.42 Å². The number of anilines is 1. The molecule has 1 aromatic carbocycles. The SMILES string of the molecule is Cc1cccc(NS(=O)(=O)c2ccc(C#N)c(C)c2)n1. The summed E-state index contributed by atoms with van der Waals surface area (Å²) in [4.78, 5) is 4.21. The van der Waals surface area contributed by atoms with Crippen molar-refractivity contribution in [2.75, 3.05) is 4.72 Å². The summed E-state index contributed by atoms with van der Waals surface area (Å²) >= 11 is 0. The molecule has 2 aromatic rings. The van der Waals surface area contributed by atoms with Gasteiger partial charge in [0.05, 0.1) is 16.5 Å². The molecule has 0 aliphatic rings. The fraction of sp³-hybridized carbons (Fsp3) is 0.143. The molecule has 0 atom stereocenters. The van der Waals surface area contributed by atoms with E-state index in [1.54, 1.807) is 32.0 Å². The third-order valence-electron chi connectivity index (χ3n) is 2.76. The highest BCUT2D eigenvalue weighted by atomic mass is 32.2. The Kier molecular flexibility index (Phi) is 3.72. The normalized spacial score (nSPS) is 10.8. The van der Waals surface area contributed by atoms with Gasteiger partial charge in [-0.2, -0.15) is 5.26 Å². The molecule has 0 bridgehead atoms. The topological polar surface area (TPSA) is 82.9 Å². The van der Waals surface area contributed by atoms with Gasteiger partial charge in [0.15, 0.2) is 0 Å². The number of nitriles is 1. The molecule has 0 aliphatic heterocycles. The van der Waals surface area contributed by atoms with Crippen molar-refractivity contribution in [3.05, 3.63) is 53.2 Å². The molecule has 0 fully saturated rings. The first kappa shape index (κ1) is 14.0. The molecule has 0 radical (unpaired) electrons. The van der Waals surface area contributed by atoms with E-state index in [0.717, 1.165) is 5.69 Å². The zero-order valence-electron chi connectivity index (χ0n) is 11.1. The molecular formula is C14H13N3O2S. The molecule has 0 unspecified atom stereocenters. The predicted octanol–water partition coefficient (Wildman–Crippen LogP) is 2.37. The maximum atomic E-state index is 12.2. The summed E-state index contributed by atoms with van der Waals surface area (Å²) in [6.07, 6.45) is 0. The molecule has 0 saturated carbocycles. The van der Waals surface area contributed by atoms with Crippen LogP contribution < -0.4 is 4.72 Å². The van der Waals surface area contributed by atoms with Gasteiger partial charge in [-0.05, 0) is 49.7 Å². The van der Waals surface area contributed by atoms with Gasteiger partial charge in [-0.25, -0.2) is 13.4 Å². The largest absolute Gasteiger partial charge is 0.263 e. The number of aromatic nitrogens is 1. The lowest BCUT2D eigenvalue weighted by atomic mass is 10.1. The van der Waals surface area contributed by atoms with E-state index in [-0.39, 0.29) is 10.7 Å². The molecule has 2 rings (SSSR count). The molecule has 0 saturated heterocycles. The Balaban J connectivity index is 2.36. The van der Waals surface area contributed by atoms with Gasteiger partial charge >= 0.3 is 0 Å². The van der Waals surface area contributed by atoms with Crippen molar-refractivity contribution in [1.29, 1.82) is 5.26 Å². The summed E-state index contributed by atoms with van der Waals surface area (Å²) in [6.45, 7) is 3.48. The molecule has 6 heteroatoms. The van der Waals surface area contributed by atoms with E-state index < -0.39 is 10.0 Å². The first-order chi connectivity index (χ1) is 9.42. The van der Waals surface area contributed by atoms with E-state index in [1.165, 1.54) is 18.2 Å². The summed E-state index contributed by atoms with van der Waals surface area (Å²) in [5.41, 5.74) is 1.80. The highest BCUT2D eigenvalue weighted by Crippen LogP contribution is 2.18. The van der Waals surface area contributed by atoms with Crippen LogP contribution in [-0.2, 0) is 10.0 Å². The van der Waals surface area contributed by atoms with Gasteiger partial charge in [0.2, 0.25) is 0 Å². The number of rotatable bonds is 3. The molecule has 0 amide bonds. The fourth-order valence-electron chi connectivity index (χ4n) is 1.73. The van der Waals surface area contributed by atoms with Crippen LogP contribution in [0.2, 0.25) is 0 Å². The monoisotopic (exact) mass is 287 g/mol. The summed E-state index contributed by atoms with van der Waals surface area (Å²) in [5.74, 6) is 0.270. The number of hydrogen-bond acceptors (Lipinski definition) is 4. The number of sulfonamides is 1. The number of nitrogens with zero attached hydrogens (tertiary/aromatic N) is 2. The second-order valence-electron chi connectivity index (χ2n) is 4.36. The highest BCUT2D eigenvalue weighted by molar-refractivity contribution is 7.92. The van der Waals surface area contributed by atoms with Crippen LogP contribution >= 0.6 is 0 Å². The van der Waals surface area contributed by atoms with E-state index >= 15 is 0 Å². The molecule has 102 valence electrons. The van der Waals surface area contributed by atoms with Crippen molar-refractivity contribution in [3.63, 3.8) is 0 Å². The van der Waals surface area contributed by atoms with E-state index in [2.05, 4.69) is 9.71 Å². The summed E-state index contributed by atoms with van der Waals surface area (Å²) < 4.78 is 26.9. The van der Waals surface area contributed by atoms with Crippen LogP contribution in [-0.4, -0.2) is 13.4 Å². The van der Waals surface area contributed by atoms with Crippen LogP contribution in [0.15, 0.2) is 41.3 Å². The molecule has 0 aliphatic carbocycles. The van der Waals surface area contributed by atoms with Crippen LogP contribution in [0.1, 0.15) is 16.8 Å². The third-order valence-corrected chi connectivity index (χ3v) is 4.11. The molecule has 1 aromatic heterocycles. The molecule has 0 spiro atoms. The Morgan fingerprint density at radius 1 is 1.20 bits per heavy atom. The zero-order chi connectivity index (χ0) is 14.8. The first-order valence-corrected chi connectivity index (χ1v) is 7.38. The molecule has 20 heavy (non-hydrogen) atoms. The van der Waals surface area contributed by atoms with Crippen molar-refractivity contribution in [2.24, 2.45) is 0 Å². The van der Waals surface area contributed by atoms with Gasteiger partial charge in [0.1, 0.15) is 5.82 Å². The van der Waals surface area contributed by atoms with E-state index in [4.69, 9.17) is 5.26 Å². The lowest BCUT2D eigenvalue weighted by Crippen LogP contribution is -2.14. The van der Waals surface area contributed by atoms with Gasteiger partial charge in [-0.3, -0.25) is 4.72 Å². The molecule has 5 nitrogen and oxygen atoms in total. The number of nitrogens with one attached hydrogen (secondary N) is 1. The molecular weight excluding hydrogens is 274 g/mol. The maximum absolute atomic E-state index is 12.2. The number of hydrogen-bond donors (Lipinski definition) is 1. The van der Waals surface area contributed by atoms with Gasteiger partial charge < -0.3 is 0 Å². The maximum Gasteiger partial charge on any atom is 0.263 e. The average Bonchev–Trinajstić information content (AvgIpc) is 2.38. The van der Waals surface area contributed by atoms with Crippen molar-refractivity contribution >= 4 is 15.8 Å². The minimum absolute atomic E-state index is 0.109. The van der Waals surface area contributed by atoms with E-state index in [0.29, 0.717) is 11.1 Å². The minimum atomic E-state index is -3.70. The van der Waals surface area contributed by atoms with Crippen molar-refractivity contribution in [1.82, 2.24) is 4.98 Å². The lowest BCUT2D eigenvalue weighted by Gasteiger charge is -2.09. The van der Waals surface area contributed by atoms with Gasteiger partial charge in [0, 0.05) is 5.69 Å². The second kappa shape index (κ2) is 5.31. The van der Waals surface area contributed by atoms with E-state index in [1.807, 2.05) is 6.07 Å². The second-order valence-corrected chi connectivity index (χ2v) is 6.04. The predicted molar refractivity (Wildman–Crippen MR) is 75.7 cm³/mol. The summed E-state index contributed by atoms with van der Waals surface area (Å²) in [6, 6.07) is 11.5. The number of pyridine rings is 1.